The van der Waals surface area contributed by atoms with Gasteiger partial charge >= 0.3 is 0 Å². The number of methoxy groups -OCH3 is 1. The fraction of sp³-hybridized carbons (Fsp3) is 0.533. The van der Waals surface area contributed by atoms with Crippen molar-refractivity contribution in [3.8, 4) is 0 Å². The van der Waals surface area contributed by atoms with E-state index >= 15 is 0 Å². The average Bonchev–Trinajstić information content (AvgIpc) is 2.90. The minimum absolute atomic E-state index is 0.104. The van der Waals surface area contributed by atoms with Crippen molar-refractivity contribution in [2.24, 2.45) is 0 Å². The highest BCUT2D eigenvalue weighted by Crippen LogP contribution is 2.24. The third-order valence-electron chi connectivity index (χ3n) is 3.76. The predicted octanol–water partition coefficient (Wildman–Crippen LogP) is 2.18. The second kappa shape index (κ2) is 6.70. The van der Waals surface area contributed by atoms with E-state index < -0.39 is 5.54 Å². The first-order valence-corrected chi connectivity index (χ1v) is 7.61. The second-order valence-electron chi connectivity index (χ2n) is 5.30. The van der Waals surface area contributed by atoms with Crippen molar-refractivity contribution in [1.82, 2.24) is 10.2 Å². The maximum Gasteiger partial charge on any atom is 0.245 e. The van der Waals surface area contributed by atoms with Gasteiger partial charge in [0.1, 0.15) is 5.54 Å². The Balaban J connectivity index is 2.10. The van der Waals surface area contributed by atoms with Crippen LogP contribution < -0.4 is 5.32 Å². The third-order valence-corrected chi connectivity index (χ3v) is 4.53. The van der Waals surface area contributed by atoms with Gasteiger partial charge in [-0.3, -0.25) is 4.79 Å². The summed E-state index contributed by atoms with van der Waals surface area (Å²) in [5, 5.41) is 3.32. The Morgan fingerprint density at radius 1 is 1.50 bits per heavy atom. The summed E-state index contributed by atoms with van der Waals surface area (Å²) in [5.74, 6) is 0.104. The molecule has 0 saturated carbocycles. The van der Waals surface area contributed by atoms with Crippen LogP contribution in [0.3, 0.4) is 0 Å². The van der Waals surface area contributed by atoms with Gasteiger partial charge in [0.15, 0.2) is 0 Å². The van der Waals surface area contributed by atoms with Gasteiger partial charge in [-0.25, -0.2) is 0 Å². The molecule has 1 aromatic rings. The van der Waals surface area contributed by atoms with Gasteiger partial charge in [-0.1, -0.05) is 34.1 Å². The van der Waals surface area contributed by atoms with Crippen LogP contribution in [0.1, 0.15) is 18.4 Å². The number of ether oxygens (including phenoxy) is 1. The Morgan fingerprint density at radius 2 is 2.25 bits per heavy atom. The van der Waals surface area contributed by atoms with Crippen LogP contribution in [0.2, 0.25) is 0 Å². The van der Waals surface area contributed by atoms with Crippen LogP contribution in [0.5, 0.6) is 0 Å². The monoisotopic (exact) mass is 340 g/mol. The number of hydrogen-bond acceptors (Lipinski definition) is 3. The van der Waals surface area contributed by atoms with Gasteiger partial charge in [-0.15, -0.1) is 0 Å². The number of benzene rings is 1. The Morgan fingerprint density at radius 3 is 2.85 bits per heavy atom. The highest BCUT2D eigenvalue weighted by Gasteiger charge is 2.42. The first-order valence-electron chi connectivity index (χ1n) is 6.82. The maximum atomic E-state index is 12.7. The molecule has 1 aliphatic heterocycles. The van der Waals surface area contributed by atoms with Crippen LogP contribution in [-0.2, 0) is 16.1 Å². The molecule has 0 aliphatic carbocycles. The largest absolute Gasteiger partial charge is 0.382 e. The van der Waals surface area contributed by atoms with Crippen LogP contribution in [0.4, 0.5) is 0 Å². The lowest BCUT2D eigenvalue weighted by Crippen LogP contribution is -2.56. The van der Waals surface area contributed by atoms with Gasteiger partial charge in [0.2, 0.25) is 5.91 Å². The van der Waals surface area contributed by atoms with Gasteiger partial charge in [-0.05, 0) is 31.0 Å². The summed E-state index contributed by atoms with van der Waals surface area (Å²) >= 11 is 3.52. The molecule has 0 bridgehead atoms. The number of halogens is 1. The van der Waals surface area contributed by atoms with Crippen molar-refractivity contribution in [1.29, 1.82) is 0 Å². The molecule has 1 unspecified atom stereocenters. The average molecular weight is 341 g/mol. The molecule has 1 aromatic carbocycles. The van der Waals surface area contributed by atoms with Crippen LogP contribution in [-0.4, -0.2) is 43.7 Å². The van der Waals surface area contributed by atoms with Crippen LogP contribution in [0.15, 0.2) is 28.7 Å². The first-order chi connectivity index (χ1) is 9.59. The van der Waals surface area contributed by atoms with E-state index in [-0.39, 0.29) is 5.91 Å². The molecule has 1 aliphatic rings. The van der Waals surface area contributed by atoms with Crippen molar-refractivity contribution >= 4 is 21.8 Å². The molecule has 1 heterocycles. The number of amides is 1. The number of hydrogen-bond donors (Lipinski definition) is 1. The topological polar surface area (TPSA) is 41.6 Å². The molecule has 1 atom stereocenters. The fourth-order valence-electron chi connectivity index (χ4n) is 2.74. The van der Waals surface area contributed by atoms with Crippen molar-refractivity contribution in [3.05, 3.63) is 34.3 Å². The molecule has 0 radical (unpaired) electrons. The van der Waals surface area contributed by atoms with Crippen molar-refractivity contribution in [2.75, 3.05) is 27.3 Å². The van der Waals surface area contributed by atoms with E-state index in [9.17, 15) is 4.79 Å². The fourth-order valence-corrected chi connectivity index (χ4v) is 3.15. The number of carbonyl (C=O) groups is 1. The molecule has 0 aromatic heterocycles. The van der Waals surface area contributed by atoms with E-state index in [1.807, 2.05) is 31.3 Å². The van der Waals surface area contributed by atoms with E-state index in [0.29, 0.717) is 13.2 Å². The number of nitrogens with zero attached hydrogens (tertiary/aromatic N) is 1. The van der Waals surface area contributed by atoms with Gasteiger partial charge in [0.25, 0.3) is 0 Å². The molecular weight excluding hydrogens is 320 g/mol. The normalized spacial score (nSPS) is 21.9. The van der Waals surface area contributed by atoms with E-state index in [2.05, 4.69) is 21.2 Å². The van der Waals surface area contributed by atoms with E-state index in [4.69, 9.17) is 4.74 Å². The number of nitrogens with one attached hydrogen (secondary N) is 1. The van der Waals surface area contributed by atoms with E-state index in [1.54, 1.807) is 12.0 Å². The third kappa shape index (κ3) is 3.22. The van der Waals surface area contributed by atoms with Gasteiger partial charge < -0.3 is 15.0 Å². The Labute approximate surface area is 128 Å². The van der Waals surface area contributed by atoms with Crippen LogP contribution in [0, 0.1) is 0 Å². The lowest BCUT2D eigenvalue weighted by Gasteiger charge is -2.32. The molecular formula is C15H21BrN2O2. The molecule has 1 fully saturated rings. The van der Waals surface area contributed by atoms with Gasteiger partial charge in [0, 0.05) is 25.2 Å². The molecule has 0 spiro atoms. The summed E-state index contributed by atoms with van der Waals surface area (Å²) in [4.78, 5) is 14.5. The lowest BCUT2D eigenvalue weighted by atomic mass is 9.96. The minimum Gasteiger partial charge on any atom is -0.382 e. The van der Waals surface area contributed by atoms with Gasteiger partial charge in [0.05, 0.1) is 6.61 Å². The number of carbonyl (C=O) groups excluding carboxylic acids is 1. The summed E-state index contributed by atoms with van der Waals surface area (Å²) in [6, 6.07) is 7.98. The first kappa shape index (κ1) is 15.5. The predicted molar refractivity (Wildman–Crippen MR) is 82.5 cm³/mol. The quantitative estimate of drug-likeness (QED) is 0.893. The van der Waals surface area contributed by atoms with E-state index in [1.165, 1.54) is 0 Å². The number of rotatable bonds is 5. The Kier molecular flexibility index (Phi) is 5.18. The molecule has 1 saturated heterocycles. The highest BCUT2D eigenvalue weighted by molar-refractivity contribution is 9.10. The SMILES string of the molecule is COCC1(C(=O)N(C)Cc2ccccc2Br)CCCN1. The summed E-state index contributed by atoms with van der Waals surface area (Å²) in [7, 11) is 3.49. The molecule has 1 N–H and O–H groups in total. The Bertz CT molecular complexity index is 473. The van der Waals surface area contributed by atoms with Gasteiger partial charge in [-0.2, -0.15) is 0 Å². The molecule has 110 valence electrons. The summed E-state index contributed by atoms with van der Waals surface area (Å²) in [6.07, 6.45) is 1.85. The second-order valence-corrected chi connectivity index (χ2v) is 6.15. The zero-order valence-corrected chi connectivity index (χ0v) is 13.6. The van der Waals surface area contributed by atoms with Crippen molar-refractivity contribution < 1.29 is 9.53 Å². The minimum atomic E-state index is -0.551. The smallest absolute Gasteiger partial charge is 0.245 e. The van der Waals surface area contributed by atoms with E-state index in [0.717, 1.165) is 29.4 Å². The number of likely N-dealkylation sites (N-methyl/N-ethyl adjacent to an activating group) is 1. The summed E-state index contributed by atoms with van der Waals surface area (Å²) < 4.78 is 6.28. The standard InChI is InChI=1S/C15H21BrN2O2/c1-18(10-12-6-3-4-7-13(12)16)14(19)15(11-20-2)8-5-9-17-15/h3-4,6-7,17H,5,8-11H2,1-2H3. The maximum absolute atomic E-state index is 12.7. The summed E-state index contributed by atoms with van der Waals surface area (Å²) in [5.41, 5.74) is 0.555. The highest BCUT2D eigenvalue weighted by atomic mass is 79.9. The molecule has 1 amide bonds. The zero-order chi connectivity index (χ0) is 14.6. The lowest BCUT2D eigenvalue weighted by molar-refractivity contribution is -0.139. The molecule has 20 heavy (non-hydrogen) atoms. The van der Waals surface area contributed by atoms with Crippen molar-refractivity contribution in [3.63, 3.8) is 0 Å². The zero-order valence-electron chi connectivity index (χ0n) is 12.0. The molecule has 5 heteroatoms. The Hall–Kier alpha value is -0.910. The molecule has 2 rings (SSSR count). The van der Waals surface area contributed by atoms with Crippen LogP contribution >= 0.6 is 15.9 Å². The van der Waals surface area contributed by atoms with Crippen molar-refractivity contribution in [2.45, 2.75) is 24.9 Å². The summed E-state index contributed by atoms with van der Waals surface area (Å²) in [6.45, 7) is 1.89. The van der Waals surface area contributed by atoms with Crippen LogP contribution in [0.25, 0.3) is 0 Å². The molecule has 4 nitrogen and oxygen atoms in total.